The Hall–Kier alpha value is -0.280. The molecular formula is C16H41N7. The topological polar surface area (TPSA) is 99.8 Å². The first-order valence-electron chi connectivity index (χ1n) is 9.12. The van der Waals surface area contributed by atoms with Gasteiger partial charge < -0.3 is 32.3 Å². The highest BCUT2D eigenvalue weighted by Gasteiger charge is 2.09. The Bertz CT molecular complexity index is 234. The maximum atomic E-state index is 5.76. The smallest absolute Gasteiger partial charge is 0.0110 e. The van der Waals surface area contributed by atoms with E-state index >= 15 is 0 Å². The molecule has 7 nitrogen and oxygen atoms in total. The third kappa shape index (κ3) is 13.8. The van der Waals surface area contributed by atoms with Crippen LogP contribution < -0.4 is 22.5 Å². The molecule has 0 spiro atoms. The third-order valence-corrected chi connectivity index (χ3v) is 3.95. The van der Waals surface area contributed by atoms with Crippen LogP contribution >= 0.6 is 0 Å². The summed E-state index contributed by atoms with van der Waals surface area (Å²) in [4.78, 5) is 7.27. The Morgan fingerprint density at radius 2 is 1.22 bits per heavy atom. The fraction of sp³-hybridized carbons (Fsp3) is 1.00. The maximum absolute atomic E-state index is 5.76. The van der Waals surface area contributed by atoms with Crippen LogP contribution in [0, 0.1) is 0 Å². The van der Waals surface area contributed by atoms with Crippen LogP contribution in [0.4, 0.5) is 0 Å². The highest BCUT2D eigenvalue weighted by Crippen LogP contribution is 1.95. The molecule has 0 amide bonds. The average molecular weight is 332 g/mol. The molecule has 0 saturated carbocycles. The third-order valence-electron chi connectivity index (χ3n) is 3.95. The van der Waals surface area contributed by atoms with Gasteiger partial charge in [-0.2, -0.15) is 0 Å². The Kier molecular flexibility index (Phi) is 16.4. The van der Waals surface area contributed by atoms with E-state index in [1.54, 1.807) is 0 Å². The van der Waals surface area contributed by atoms with Gasteiger partial charge in [0.05, 0.1) is 0 Å². The lowest BCUT2D eigenvalue weighted by Crippen LogP contribution is -2.43. The Balaban J connectivity index is 3.99. The van der Waals surface area contributed by atoms with E-state index in [4.69, 9.17) is 17.2 Å². The Morgan fingerprint density at radius 1 is 0.652 bits per heavy atom. The molecule has 0 heterocycles. The number of hydrogen-bond acceptors (Lipinski definition) is 7. The predicted molar refractivity (Wildman–Crippen MR) is 101 cm³/mol. The second-order valence-corrected chi connectivity index (χ2v) is 6.10. The maximum Gasteiger partial charge on any atom is 0.0110 e. The van der Waals surface area contributed by atoms with Gasteiger partial charge in [-0.25, -0.2) is 0 Å². The standard InChI is InChI=1S/C16H41N7/c1-3-9-22(10-5-18)15-16-23(11-6-19)14-13-21(2)12-8-20-7-4-17/h20H,3-19H2,1-2H3. The zero-order valence-corrected chi connectivity index (χ0v) is 15.5. The van der Waals surface area contributed by atoms with Gasteiger partial charge in [-0.1, -0.05) is 6.92 Å². The van der Waals surface area contributed by atoms with Gasteiger partial charge >= 0.3 is 0 Å². The summed E-state index contributed by atoms with van der Waals surface area (Å²) in [5.74, 6) is 0. The number of nitrogens with one attached hydrogen (secondary N) is 1. The summed E-state index contributed by atoms with van der Waals surface area (Å²) in [5.41, 5.74) is 16.9. The minimum atomic E-state index is 0.699. The summed E-state index contributed by atoms with van der Waals surface area (Å²) in [6, 6.07) is 0. The van der Waals surface area contributed by atoms with Gasteiger partial charge in [0.25, 0.3) is 0 Å². The molecule has 23 heavy (non-hydrogen) atoms. The van der Waals surface area contributed by atoms with E-state index in [-0.39, 0.29) is 0 Å². The van der Waals surface area contributed by atoms with Crippen molar-refractivity contribution in [3.05, 3.63) is 0 Å². The number of nitrogens with two attached hydrogens (primary N) is 3. The predicted octanol–water partition coefficient (Wildman–Crippen LogP) is -1.60. The van der Waals surface area contributed by atoms with Gasteiger partial charge in [0.1, 0.15) is 0 Å². The largest absolute Gasteiger partial charge is 0.329 e. The van der Waals surface area contributed by atoms with Crippen LogP contribution in [0.3, 0.4) is 0 Å². The SMILES string of the molecule is CCCN(CCN)CCN(CCN)CCN(C)CCNCCN. The van der Waals surface area contributed by atoms with E-state index in [9.17, 15) is 0 Å². The van der Waals surface area contributed by atoms with Crippen LogP contribution in [0.5, 0.6) is 0 Å². The molecule has 7 heteroatoms. The number of likely N-dealkylation sites (N-methyl/N-ethyl adjacent to an activating group) is 1. The summed E-state index contributed by atoms with van der Waals surface area (Å²) in [6.07, 6.45) is 1.18. The van der Waals surface area contributed by atoms with Crippen molar-refractivity contribution in [2.45, 2.75) is 13.3 Å². The number of rotatable bonds is 17. The second-order valence-electron chi connectivity index (χ2n) is 6.10. The lowest BCUT2D eigenvalue weighted by molar-refractivity contribution is 0.190. The summed E-state index contributed by atoms with van der Waals surface area (Å²) in [5, 5.41) is 3.33. The van der Waals surface area contributed by atoms with Crippen molar-refractivity contribution in [1.29, 1.82) is 0 Å². The molecule has 0 aliphatic carbocycles. The van der Waals surface area contributed by atoms with Crippen molar-refractivity contribution < 1.29 is 0 Å². The van der Waals surface area contributed by atoms with Crippen molar-refractivity contribution in [3.8, 4) is 0 Å². The van der Waals surface area contributed by atoms with Crippen molar-refractivity contribution in [1.82, 2.24) is 20.0 Å². The van der Waals surface area contributed by atoms with Crippen molar-refractivity contribution in [3.63, 3.8) is 0 Å². The van der Waals surface area contributed by atoms with Crippen LogP contribution in [0.2, 0.25) is 0 Å². The van der Waals surface area contributed by atoms with Gasteiger partial charge in [0.15, 0.2) is 0 Å². The molecule has 0 aromatic carbocycles. The minimum Gasteiger partial charge on any atom is -0.329 e. The Labute approximate surface area is 143 Å². The fourth-order valence-electron chi connectivity index (χ4n) is 2.56. The molecule has 0 unspecified atom stereocenters. The summed E-state index contributed by atoms with van der Waals surface area (Å²) in [6.45, 7) is 14.6. The van der Waals surface area contributed by atoms with E-state index in [0.29, 0.717) is 13.1 Å². The van der Waals surface area contributed by atoms with Crippen molar-refractivity contribution >= 4 is 0 Å². The molecule has 0 aromatic heterocycles. The van der Waals surface area contributed by atoms with Gasteiger partial charge in [-0.3, -0.25) is 4.90 Å². The molecule has 0 saturated heterocycles. The zero-order chi connectivity index (χ0) is 17.3. The lowest BCUT2D eigenvalue weighted by Gasteiger charge is -2.28. The van der Waals surface area contributed by atoms with Crippen molar-refractivity contribution in [2.24, 2.45) is 17.2 Å². The number of nitrogens with zero attached hydrogens (tertiary/aromatic N) is 3. The van der Waals surface area contributed by atoms with E-state index in [1.807, 2.05) is 0 Å². The van der Waals surface area contributed by atoms with E-state index < -0.39 is 0 Å². The molecule has 0 aliphatic heterocycles. The lowest BCUT2D eigenvalue weighted by atomic mass is 10.3. The van der Waals surface area contributed by atoms with E-state index in [1.165, 1.54) is 6.42 Å². The second kappa shape index (κ2) is 16.6. The summed E-state index contributed by atoms with van der Waals surface area (Å²) >= 11 is 0. The molecule has 0 atom stereocenters. The van der Waals surface area contributed by atoms with Crippen molar-refractivity contribution in [2.75, 3.05) is 92.1 Å². The van der Waals surface area contributed by atoms with Crippen LogP contribution in [0.1, 0.15) is 13.3 Å². The highest BCUT2D eigenvalue weighted by atomic mass is 15.2. The van der Waals surface area contributed by atoms with Gasteiger partial charge in [0.2, 0.25) is 0 Å². The summed E-state index contributed by atoms with van der Waals surface area (Å²) in [7, 11) is 2.17. The Morgan fingerprint density at radius 3 is 1.74 bits per heavy atom. The molecule has 0 aromatic rings. The fourth-order valence-corrected chi connectivity index (χ4v) is 2.56. The van der Waals surface area contributed by atoms with E-state index in [2.05, 4.69) is 34.0 Å². The van der Waals surface area contributed by atoms with Gasteiger partial charge in [-0.15, -0.1) is 0 Å². The minimum absolute atomic E-state index is 0.699. The summed E-state index contributed by atoms with van der Waals surface area (Å²) < 4.78 is 0. The molecule has 0 aliphatic rings. The molecule has 140 valence electrons. The normalized spacial score (nSPS) is 12.0. The van der Waals surface area contributed by atoms with E-state index in [0.717, 1.165) is 72.0 Å². The van der Waals surface area contributed by atoms with Crippen LogP contribution in [0.15, 0.2) is 0 Å². The first-order valence-corrected chi connectivity index (χ1v) is 9.12. The molecule has 0 fully saturated rings. The molecule has 0 bridgehead atoms. The quantitative estimate of drug-likeness (QED) is 0.238. The molecular weight excluding hydrogens is 290 g/mol. The zero-order valence-electron chi connectivity index (χ0n) is 15.5. The number of hydrogen-bond donors (Lipinski definition) is 4. The van der Waals surface area contributed by atoms with Gasteiger partial charge in [0, 0.05) is 78.5 Å². The average Bonchev–Trinajstić information content (AvgIpc) is 2.54. The monoisotopic (exact) mass is 331 g/mol. The van der Waals surface area contributed by atoms with Crippen LogP contribution in [-0.4, -0.2) is 107 Å². The molecule has 7 N–H and O–H groups in total. The first-order chi connectivity index (χ1) is 11.2. The van der Waals surface area contributed by atoms with Gasteiger partial charge in [-0.05, 0) is 20.0 Å². The van der Waals surface area contributed by atoms with Crippen LogP contribution in [0.25, 0.3) is 0 Å². The molecule has 0 radical (unpaired) electrons. The highest BCUT2D eigenvalue weighted by molar-refractivity contribution is 4.66. The molecule has 0 rings (SSSR count). The van der Waals surface area contributed by atoms with Crippen LogP contribution in [-0.2, 0) is 0 Å². The first kappa shape index (κ1) is 22.7.